The minimum Gasteiger partial charge on any atom is -0.375 e. The molecule has 5 nitrogen and oxygen atoms in total. The number of nitro benzene ring substituents is 1. The summed E-state index contributed by atoms with van der Waals surface area (Å²) >= 11 is 7.21. The molecule has 0 unspecified atom stereocenters. The lowest BCUT2D eigenvalue weighted by atomic mass is 10.2. The van der Waals surface area contributed by atoms with E-state index in [1.54, 1.807) is 6.07 Å². The van der Waals surface area contributed by atoms with Crippen LogP contribution in [0.15, 0.2) is 30.3 Å². The van der Waals surface area contributed by atoms with Gasteiger partial charge in [-0.25, -0.2) is 0 Å². The minimum absolute atomic E-state index is 0.118. The molecule has 7 heteroatoms. The Kier molecular flexibility index (Phi) is 4.13. The predicted molar refractivity (Wildman–Crippen MR) is 75.1 cm³/mol. The second-order valence-corrected chi connectivity index (χ2v) is 5.51. The second kappa shape index (κ2) is 5.81. The average molecular weight is 297 g/mol. The zero-order valence-corrected chi connectivity index (χ0v) is 11.2. The number of carbonyl (C=O) groups is 1. The highest BCUT2D eigenvalue weighted by molar-refractivity contribution is 7.16. The van der Waals surface area contributed by atoms with Crippen molar-refractivity contribution in [2.45, 2.75) is 6.54 Å². The Morgan fingerprint density at radius 1 is 1.37 bits per heavy atom. The first kappa shape index (κ1) is 13.5. The molecule has 2 aromatic rings. The highest BCUT2D eigenvalue weighted by atomic mass is 35.5. The molecule has 1 heterocycles. The summed E-state index contributed by atoms with van der Waals surface area (Å²) in [6.07, 6.45) is 0.579. The summed E-state index contributed by atoms with van der Waals surface area (Å²) in [7, 11) is 0. The predicted octanol–water partition coefficient (Wildman–Crippen LogP) is 3.73. The fourth-order valence-corrected chi connectivity index (χ4v) is 2.58. The fraction of sp³-hybridized carbons (Fsp3) is 0.0833. The van der Waals surface area contributed by atoms with Crippen molar-refractivity contribution in [2.75, 3.05) is 5.32 Å². The van der Waals surface area contributed by atoms with Gasteiger partial charge in [-0.2, -0.15) is 0 Å². The van der Waals surface area contributed by atoms with Crippen LogP contribution in [-0.4, -0.2) is 11.2 Å². The molecule has 1 N–H and O–H groups in total. The Bertz CT molecular complexity index is 627. The van der Waals surface area contributed by atoms with E-state index >= 15 is 0 Å². The third-order valence-corrected chi connectivity index (χ3v) is 3.67. The highest BCUT2D eigenvalue weighted by Gasteiger charge is 2.14. The first-order chi connectivity index (χ1) is 9.10. The molecule has 0 saturated carbocycles. The zero-order chi connectivity index (χ0) is 13.8. The highest BCUT2D eigenvalue weighted by Crippen LogP contribution is 2.27. The first-order valence-electron chi connectivity index (χ1n) is 5.32. The smallest absolute Gasteiger partial charge is 0.293 e. The summed E-state index contributed by atoms with van der Waals surface area (Å²) in [5.74, 6) is 0. The van der Waals surface area contributed by atoms with E-state index in [1.807, 2.05) is 6.07 Å². The number of nitrogens with zero attached hydrogens (tertiary/aromatic N) is 1. The molecule has 0 spiro atoms. The summed E-state index contributed by atoms with van der Waals surface area (Å²) in [6, 6.07) is 7.93. The maximum atomic E-state index is 10.9. The van der Waals surface area contributed by atoms with E-state index in [-0.39, 0.29) is 11.3 Å². The Labute approximate surface area is 118 Å². The number of benzene rings is 1. The quantitative estimate of drug-likeness (QED) is 0.518. The van der Waals surface area contributed by atoms with Crippen molar-refractivity contribution in [3.63, 3.8) is 0 Å². The van der Waals surface area contributed by atoms with Gasteiger partial charge in [0.1, 0.15) is 12.0 Å². The topological polar surface area (TPSA) is 72.2 Å². The van der Waals surface area contributed by atoms with Crippen molar-refractivity contribution in [1.82, 2.24) is 0 Å². The number of thiophene rings is 1. The maximum Gasteiger partial charge on any atom is 0.293 e. The van der Waals surface area contributed by atoms with Crippen LogP contribution in [0.5, 0.6) is 0 Å². The maximum absolute atomic E-state index is 10.9. The summed E-state index contributed by atoms with van der Waals surface area (Å²) in [5.41, 5.74) is 0.531. The molecule has 2 rings (SSSR count). The van der Waals surface area contributed by atoms with Gasteiger partial charge in [-0.15, -0.1) is 11.3 Å². The summed E-state index contributed by atoms with van der Waals surface area (Å²) in [5, 5.41) is 13.9. The molecule has 1 aromatic heterocycles. The van der Waals surface area contributed by atoms with Crippen molar-refractivity contribution in [2.24, 2.45) is 0 Å². The number of rotatable bonds is 5. The van der Waals surface area contributed by atoms with Gasteiger partial charge in [0.15, 0.2) is 0 Å². The van der Waals surface area contributed by atoms with Crippen LogP contribution in [0.25, 0.3) is 0 Å². The molecule has 19 heavy (non-hydrogen) atoms. The van der Waals surface area contributed by atoms with E-state index < -0.39 is 4.92 Å². The third kappa shape index (κ3) is 3.30. The molecule has 0 aliphatic heterocycles. The van der Waals surface area contributed by atoms with Crippen LogP contribution in [0, 0.1) is 10.1 Å². The van der Waals surface area contributed by atoms with Gasteiger partial charge in [-0.1, -0.05) is 11.6 Å². The second-order valence-electron chi connectivity index (χ2n) is 3.71. The Hall–Kier alpha value is -1.92. The summed E-state index contributed by atoms with van der Waals surface area (Å²) < 4.78 is 0.669. The van der Waals surface area contributed by atoms with Crippen LogP contribution in [0.1, 0.15) is 15.2 Å². The average Bonchev–Trinajstić information content (AvgIpc) is 2.82. The SMILES string of the molecule is O=Cc1ccc(NCc2ccc(Cl)s2)c([N+](=O)[O-])c1. The number of anilines is 1. The molecular formula is C12H9ClN2O3S. The van der Waals surface area contributed by atoms with Gasteiger partial charge in [-0.05, 0) is 24.3 Å². The lowest BCUT2D eigenvalue weighted by molar-refractivity contribution is -0.384. The molecule has 0 aliphatic carbocycles. The van der Waals surface area contributed by atoms with Crippen molar-refractivity contribution in [1.29, 1.82) is 0 Å². The number of hydrogen-bond acceptors (Lipinski definition) is 5. The molecule has 0 amide bonds. The van der Waals surface area contributed by atoms with Crippen molar-refractivity contribution >= 4 is 40.6 Å². The van der Waals surface area contributed by atoms with E-state index in [9.17, 15) is 14.9 Å². The van der Waals surface area contributed by atoms with Gasteiger partial charge < -0.3 is 5.32 Å². The van der Waals surface area contributed by atoms with Gasteiger partial charge >= 0.3 is 0 Å². The van der Waals surface area contributed by atoms with E-state index in [2.05, 4.69) is 5.32 Å². The number of halogens is 1. The lowest BCUT2D eigenvalue weighted by Crippen LogP contribution is -2.02. The molecular weight excluding hydrogens is 288 g/mol. The van der Waals surface area contributed by atoms with Gasteiger partial charge in [-0.3, -0.25) is 14.9 Å². The van der Waals surface area contributed by atoms with Gasteiger partial charge in [0, 0.05) is 23.1 Å². The van der Waals surface area contributed by atoms with Crippen LogP contribution in [0.4, 0.5) is 11.4 Å². The van der Waals surface area contributed by atoms with E-state index in [1.165, 1.54) is 29.5 Å². The van der Waals surface area contributed by atoms with Crippen molar-refractivity contribution in [3.8, 4) is 0 Å². The van der Waals surface area contributed by atoms with Crippen LogP contribution >= 0.6 is 22.9 Å². The number of nitrogens with one attached hydrogen (secondary N) is 1. The lowest BCUT2D eigenvalue weighted by Gasteiger charge is -2.06. The normalized spacial score (nSPS) is 10.2. The fourth-order valence-electron chi connectivity index (χ4n) is 1.55. The van der Waals surface area contributed by atoms with E-state index in [0.717, 1.165) is 4.88 Å². The van der Waals surface area contributed by atoms with Crippen LogP contribution in [0.3, 0.4) is 0 Å². The number of hydrogen-bond donors (Lipinski definition) is 1. The summed E-state index contributed by atoms with van der Waals surface area (Å²) in [6.45, 7) is 0.443. The molecule has 0 fully saturated rings. The molecule has 0 radical (unpaired) electrons. The number of aldehydes is 1. The molecule has 98 valence electrons. The van der Waals surface area contributed by atoms with Crippen LogP contribution in [-0.2, 0) is 6.54 Å². The van der Waals surface area contributed by atoms with Crippen LogP contribution < -0.4 is 5.32 Å². The Balaban J connectivity index is 2.19. The van der Waals surface area contributed by atoms with E-state index in [0.29, 0.717) is 22.9 Å². The van der Waals surface area contributed by atoms with E-state index in [4.69, 9.17) is 11.6 Å². The van der Waals surface area contributed by atoms with Gasteiger partial charge in [0.25, 0.3) is 5.69 Å². The molecule has 1 aromatic carbocycles. The largest absolute Gasteiger partial charge is 0.375 e. The van der Waals surface area contributed by atoms with Gasteiger partial charge in [0.2, 0.25) is 0 Å². The molecule has 0 saturated heterocycles. The van der Waals surface area contributed by atoms with Crippen molar-refractivity contribution in [3.05, 3.63) is 55.2 Å². The van der Waals surface area contributed by atoms with Crippen LogP contribution in [0.2, 0.25) is 4.34 Å². The minimum atomic E-state index is -0.517. The molecule has 0 atom stereocenters. The first-order valence-corrected chi connectivity index (χ1v) is 6.51. The number of nitro groups is 1. The summed E-state index contributed by atoms with van der Waals surface area (Å²) in [4.78, 5) is 22.0. The molecule has 0 bridgehead atoms. The van der Waals surface area contributed by atoms with Crippen molar-refractivity contribution < 1.29 is 9.72 Å². The van der Waals surface area contributed by atoms with Gasteiger partial charge in [0.05, 0.1) is 9.26 Å². The third-order valence-electron chi connectivity index (χ3n) is 2.44. The Morgan fingerprint density at radius 2 is 2.16 bits per heavy atom. The monoisotopic (exact) mass is 296 g/mol. The molecule has 0 aliphatic rings. The zero-order valence-electron chi connectivity index (χ0n) is 9.63. The standard InChI is InChI=1S/C12H9ClN2O3S/c13-12-4-2-9(19-12)6-14-10-3-1-8(7-16)5-11(10)15(17)18/h1-5,7,14H,6H2. The Morgan fingerprint density at radius 3 is 2.74 bits per heavy atom. The number of carbonyl (C=O) groups excluding carboxylic acids is 1.